The summed E-state index contributed by atoms with van der Waals surface area (Å²) in [7, 11) is 2.21. The van der Waals surface area contributed by atoms with Crippen LogP contribution in [0.1, 0.15) is 44.7 Å². The van der Waals surface area contributed by atoms with E-state index in [2.05, 4.69) is 41.6 Å². The van der Waals surface area contributed by atoms with Crippen LogP contribution in [0.2, 0.25) is 5.02 Å². The second-order valence-electron chi connectivity index (χ2n) is 7.08. The topological polar surface area (TPSA) is 48.9 Å². The summed E-state index contributed by atoms with van der Waals surface area (Å²) in [4.78, 5) is 7.32. The number of piperidine rings is 1. The van der Waals surface area contributed by atoms with Crippen molar-refractivity contribution < 1.29 is 4.74 Å². The second-order valence-corrected chi connectivity index (χ2v) is 7.52. The summed E-state index contributed by atoms with van der Waals surface area (Å²) in [6, 6.07) is 8.64. The SMILES string of the molecule is CCNC(=NCC1CCCN(C)C1c1cccc(Cl)c1)NCCCOCC. The van der Waals surface area contributed by atoms with Crippen LogP contribution >= 0.6 is 11.6 Å². The van der Waals surface area contributed by atoms with E-state index >= 15 is 0 Å². The molecule has 0 aliphatic carbocycles. The Bertz CT molecular complexity index is 581. The predicted octanol–water partition coefficient (Wildman–Crippen LogP) is 3.70. The fourth-order valence-electron chi connectivity index (χ4n) is 3.74. The van der Waals surface area contributed by atoms with Gasteiger partial charge < -0.3 is 15.4 Å². The first-order chi connectivity index (χ1) is 13.2. The molecule has 1 aromatic carbocycles. The summed E-state index contributed by atoms with van der Waals surface area (Å²) in [5, 5.41) is 7.57. The summed E-state index contributed by atoms with van der Waals surface area (Å²) in [5.74, 6) is 1.38. The van der Waals surface area contributed by atoms with Gasteiger partial charge in [0.1, 0.15) is 0 Å². The molecule has 1 aliphatic rings. The molecule has 152 valence electrons. The number of likely N-dealkylation sites (tertiary alicyclic amines) is 1. The summed E-state index contributed by atoms with van der Waals surface area (Å²) in [5.41, 5.74) is 1.29. The van der Waals surface area contributed by atoms with Crippen LogP contribution < -0.4 is 10.6 Å². The molecule has 2 N–H and O–H groups in total. The monoisotopic (exact) mass is 394 g/mol. The van der Waals surface area contributed by atoms with E-state index in [9.17, 15) is 0 Å². The van der Waals surface area contributed by atoms with Gasteiger partial charge in [0.15, 0.2) is 5.96 Å². The maximum atomic E-state index is 6.25. The van der Waals surface area contributed by atoms with E-state index < -0.39 is 0 Å². The Balaban J connectivity index is 2.00. The normalized spacial score (nSPS) is 21.3. The molecule has 2 atom stereocenters. The number of nitrogens with zero attached hydrogens (tertiary/aromatic N) is 2. The van der Waals surface area contributed by atoms with Crippen molar-refractivity contribution >= 4 is 17.6 Å². The molecule has 2 unspecified atom stereocenters. The number of benzene rings is 1. The standard InChI is InChI=1S/C21H35ClN4O/c1-4-23-21(24-12-8-14-27-5-2)25-16-18-10-7-13-26(3)20(18)17-9-6-11-19(22)15-17/h6,9,11,15,18,20H,4-5,7-8,10,12-14,16H2,1-3H3,(H2,23,24,25). The number of nitrogens with one attached hydrogen (secondary N) is 2. The number of rotatable bonds is 9. The first-order valence-corrected chi connectivity index (χ1v) is 10.6. The lowest BCUT2D eigenvalue weighted by Crippen LogP contribution is -2.40. The maximum Gasteiger partial charge on any atom is 0.191 e. The first-order valence-electron chi connectivity index (χ1n) is 10.2. The molecule has 5 nitrogen and oxygen atoms in total. The molecular weight excluding hydrogens is 360 g/mol. The van der Waals surface area contributed by atoms with Gasteiger partial charge in [0.2, 0.25) is 0 Å². The molecule has 0 radical (unpaired) electrons. The third-order valence-electron chi connectivity index (χ3n) is 4.99. The van der Waals surface area contributed by atoms with E-state index in [1.165, 1.54) is 18.4 Å². The zero-order chi connectivity index (χ0) is 19.5. The van der Waals surface area contributed by atoms with Gasteiger partial charge in [-0.25, -0.2) is 0 Å². The van der Waals surface area contributed by atoms with Crippen LogP contribution in [-0.2, 0) is 4.74 Å². The summed E-state index contributed by atoms with van der Waals surface area (Å²) < 4.78 is 5.40. The van der Waals surface area contributed by atoms with Crippen LogP contribution in [-0.4, -0.2) is 57.3 Å². The molecule has 27 heavy (non-hydrogen) atoms. The van der Waals surface area contributed by atoms with Gasteiger partial charge in [0.05, 0.1) is 0 Å². The average Bonchev–Trinajstić information content (AvgIpc) is 2.66. The number of guanidine groups is 1. The molecule has 1 saturated heterocycles. The van der Waals surface area contributed by atoms with Crippen LogP contribution in [0, 0.1) is 5.92 Å². The largest absolute Gasteiger partial charge is 0.382 e. The smallest absolute Gasteiger partial charge is 0.191 e. The highest BCUT2D eigenvalue weighted by Gasteiger charge is 2.30. The molecule has 0 amide bonds. The van der Waals surface area contributed by atoms with Gasteiger partial charge in [-0.1, -0.05) is 23.7 Å². The molecule has 1 aliphatic heterocycles. The Morgan fingerprint density at radius 3 is 2.93 bits per heavy atom. The van der Waals surface area contributed by atoms with Gasteiger partial charge >= 0.3 is 0 Å². The van der Waals surface area contributed by atoms with E-state index in [0.717, 1.165) is 56.8 Å². The Kier molecular flexibility index (Phi) is 9.95. The van der Waals surface area contributed by atoms with Gasteiger partial charge in [0, 0.05) is 43.9 Å². The van der Waals surface area contributed by atoms with E-state index in [4.69, 9.17) is 21.3 Å². The Morgan fingerprint density at radius 2 is 2.19 bits per heavy atom. The lowest BCUT2D eigenvalue weighted by molar-refractivity contribution is 0.125. The summed E-state index contributed by atoms with van der Waals surface area (Å²) >= 11 is 6.25. The second kappa shape index (κ2) is 12.2. The molecule has 2 rings (SSSR count). The van der Waals surface area contributed by atoms with Crippen LogP contribution in [0.25, 0.3) is 0 Å². The van der Waals surface area contributed by atoms with Gasteiger partial charge in [0.25, 0.3) is 0 Å². The van der Waals surface area contributed by atoms with Crippen molar-refractivity contribution in [2.24, 2.45) is 10.9 Å². The van der Waals surface area contributed by atoms with Crippen molar-refractivity contribution in [2.75, 3.05) is 46.4 Å². The average molecular weight is 395 g/mol. The zero-order valence-electron chi connectivity index (χ0n) is 17.0. The third kappa shape index (κ3) is 7.32. The molecule has 1 fully saturated rings. The van der Waals surface area contributed by atoms with Crippen molar-refractivity contribution in [3.05, 3.63) is 34.9 Å². The Morgan fingerprint density at radius 1 is 1.33 bits per heavy atom. The molecule has 0 aromatic heterocycles. The summed E-state index contributed by atoms with van der Waals surface area (Å²) in [6.45, 7) is 9.33. The van der Waals surface area contributed by atoms with E-state index in [1.54, 1.807) is 0 Å². The lowest BCUT2D eigenvalue weighted by Gasteiger charge is -2.39. The summed E-state index contributed by atoms with van der Waals surface area (Å²) in [6.07, 6.45) is 3.39. The molecule has 1 heterocycles. The van der Waals surface area contributed by atoms with Crippen molar-refractivity contribution in [2.45, 2.75) is 39.2 Å². The van der Waals surface area contributed by atoms with Gasteiger partial charge in [-0.2, -0.15) is 0 Å². The number of aliphatic imine (C=N–C) groups is 1. The van der Waals surface area contributed by atoms with E-state index in [0.29, 0.717) is 12.0 Å². The molecule has 6 heteroatoms. The minimum atomic E-state index is 0.363. The van der Waals surface area contributed by atoms with Crippen molar-refractivity contribution in [1.29, 1.82) is 0 Å². The van der Waals surface area contributed by atoms with Gasteiger partial charge in [-0.15, -0.1) is 0 Å². The minimum absolute atomic E-state index is 0.363. The van der Waals surface area contributed by atoms with Crippen LogP contribution in [0.3, 0.4) is 0 Å². The first kappa shape index (κ1) is 22.0. The van der Waals surface area contributed by atoms with Gasteiger partial charge in [-0.3, -0.25) is 9.89 Å². The van der Waals surface area contributed by atoms with E-state index in [-0.39, 0.29) is 0 Å². The Hall–Kier alpha value is -1.30. The quantitative estimate of drug-likeness (QED) is 0.381. The molecule has 0 saturated carbocycles. The van der Waals surface area contributed by atoms with Crippen molar-refractivity contribution in [1.82, 2.24) is 15.5 Å². The fourth-order valence-corrected chi connectivity index (χ4v) is 3.94. The van der Waals surface area contributed by atoms with Crippen molar-refractivity contribution in [3.8, 4) is 0 Å². The molecule has 0 spiro atoms. The molecule has 0 bridgehead atoms. The van der Waals surface area contributed by atoms with Crippen molar-refractivity contribution in [3.63, 3.8) is 0 Å². The minimum Gasteiger partial charge on any atom is -0.382 e. The van der Waals surface area contributed by atoms with Crippen LogP contribution in [0.15, 0.2) is 29.3 Å². The fraction of sp³-hybridized carbons (Fsp3) is 0.667. The van der Waals surface area contributed by atoms with Gasteiger partial charge in [-0.05, 0) is 70.3 Å². The lowest BCUT2D eigenvalue weighted by atomic mass is 9.85. The highest BCUT2D eigenvalue weighted by atomic mass is 35.5. The number of hydrogen-bond acceptors (Lipinski definition) is 3. The third-order valence-corrected chi connectivity index (χ3v) is 5.22. The predicted molar refractivity (Wildman–Crippen MR) is 115 cm³/mol. The van der Waals surface area contributed by atoms with E-state index in [1.807, 2.05) is 19.1 Å². The highest BCUT2D eigenvalue weighted by molar-refractivity contribution is 6.30. The molecular formula is C21H35ClN4O. The zero-order valence-corrected chi connectivity index (χ0v) is 17.8. The number of halogens is 1. The Labute approximate surface area is 169 Å². The number of ether oxygens (including phenoxy) is 1. The highest BCUT2D eigenvalue weighted by Crippen LogP contribution is 2.36. The van der Waals surface area contributed by atoms with Crippen LogP contribution in [0.4, 0.5) is 0 Å². The molecule has 1 aromatic rings. The maximum absolute atomic E-state index is 6.25. The van der Waals surface area contributed by atoms with Crippen LogP contribution in [0.5, 0.6) is 0 Å². The number of hydrogen-bond donors (Lipinski definition) is 2.